The molecule has 1 fully saturated rings. The zero-order valence-electron chi connectivity index (χ0n) is 15.4. The smallest absolute Gasteiger partial charge is 0.321 e. The molecule has 2 heterocycles. The molecule has 2 aromatic carbocycles. The summed E-state index contributed by atoms with van der Waals surface area (Å²) in [5.41, 5.74) is 1.51. The van der Waals surface area contributed by atoms with Crippen LogP contribution in [0.25, 0.3) is 0 Å². The largest absolute Gasteiger partial charge is 0.486 e. The third-order valence-corrected chi connectivity index (χ3v) is 5.83. The first-order chi connectivity index (χ1) is 13.3. The van der Waals surface area contributed by atoms with Crippen molar-refractivity contribution in [1.82, 2.24) is 4.90 Å². The summed E-state index contributed by atoms with van der Waals surface area (Å²) in [5, 5.41) is 3.97. The van der Waals surface area contributed by atoms with E-state index in [2.05, 4.69) is 5.32 Å². The van der Waals surface area contributed by atoms with Gasteiger partial charge in [-0.25, -0.2) is 4.79 Å². The summed E-state index contributed by atoms with van der Waals surface area (Å²) in [6.45, 7) is 2.92. The van der Waals surface area contributed by atoms with Gasteiger partial charge < -0.3 is 15.0 Å². The van der Waals surface area contributed by atoms with E-state index in [1.807, 2.05) is 6.92 Å². The zero-order valence-corrected chi connectivity index (χ0v) is 16.9. The Morgan fingerprint density at radius 3 is 2.61 bits per heavy atom. The summed E-state index contributed by atoms with van der Waals surface area (Å²) >= 11 is 12.1. The lowest BCUT2D eigenvalue weighted by Crippen LogP contribution is -2.53. The predicted octanol–water partition coefficient (Wildman–Crippen LogP) is 5.33. The molecule has 1 N–H and O–H groups in total. The van der Waals surface area contributed by atoms with Crippen LogP contribution in [0.3, 0.4) is 0 Å². The van der Waals surface area contributed by atoms with Gasteiger partial charge in [0, 0.05) is 41.7 Å². The van der Waals surface area contributed by atoms with E-state index in [-0.39, 0.29) is 11.8 Å². The van der Waals surface area contributed by atoms with Crippen molar-refractivity contribution in [3.63, 3.8) is 0 Å². The molecule has 4 rings (SSSR count). The highest BCUT2D eigenvalue weighted by Crippen LogP contribution is 2.42. The number of hydrogen-bond donors (Lipinski definition) is 1. The summed E-state index contributed by atoms with van der Waals surface area (Å²) in [4.78, 5) is 27.0. The van der Waals surface area contributed by atoms with Gasteiger partial charge in [0.15, 0.2) is 5.78 Å². The van der Waals surface area contributed by atoms with Crippen LogP contribution >= 0.6 is 23.2 Å². The van der Waals surface area contributed by atoms with Crippen LogP contribution in [0.1, 0.15) is 35.2 Å². The third kappa shape index (κ3) is 3.69. The number of nitrogens with one attached hydrogen (secondary N) is 1. The third-order valence-electron chi connectivity index (χ3n) is 5.38. The summed E-state index contributed by atoms with van der Waals surface area (Å²) in [6.07, 6.45) is 1.51. The normalized spacial score (nSPS) is 17.8. The number of Topliss-reactive ketones (excluding diaryl/α,β-unsaturated/α-hetero) is 1. The van der Waals surface area contributed by atoms with E-state index >= 15 is 0 Å². The molecule has 2 aromatic rings. The fourth-order valence-electron chi connectivity index (χ4n) is 3.88. The van der Waals surface area contributed by atoms with Crippen LogP contribution in [0.4, 0.5) is 10.5 Å². The van der Waals surface area contributed by atoms with Crippen LogP contribution in [0.2, 0.25) is 10.0 Å². The van der Waals surface area contributed by atoms with E-state index in [1.165, 1.54) is 0 Å². The molecule has 5 nitrogen and oxygen atoms in total. The number of carbonyl (C=O) groups excluding carboxylic acids is 2. The van der Waals surface area contributed by atoms with E-state index in [1.54, 1.807) is 41.3 Å². The second kappa shape index (κ2) is 7.30. The van der Waals surface area contributed by atoms with E-state index in [4.69, 9.17) is 27.9 Å². The van der Waals surface area contributed by atoms with Crippen LogP contribution < -0.4 is 10.1 Å². The van der Waals surface area contributed by atoms with Crippen molar-refractivity contribution < 1.29 is 14.3 Å². The number of carbonyl (C=O) groups is 2. The number of hydrogen-bond acceptors (Lipinski definition) is 3. The van der Waals surface area contributed by atoms with Gasteiger partial charge in [-0.05, 0) is 42.8 Å². The number of piperidine rings is 1. The maximum Gasteiger partial charge on any atom is 0.321 e. The average molecular weight is 419 g/mol. The minimum Gasteiger partial charge on any atom is -0.486 e. The molecule has 2 aliphatic heterocycles. The van der Waals surface area contributed by atoms with Crippen molar-refractivity contribution in [3.8, 4) is 5.75 Å². The molecule has 0 aromatic heterocycles. The molecule has 0 radical (unpaired) electrons. The molecule has 0 atom stereocenters. The van der Waals surface area contributed by atoms with Crippen molar-refractivity contribution in [2.24, 2.45) is 0 Å². The van der Waals surface area contributed by atoms with E-state index < -0.39 is 5.60 Å². The fourth-order valence-corrected chi connectivity index (χ4v) is 4.34. The number of anilines is 1. The SMILES string of the molecule is Cc1cc(Cl)cc2c1OC1(CCN(C(=O)Nc3cccc(Cl)c3)CC1)CC2=O. The van der Waals surface area contributed by atoms with Gasteiger partial charge in [0.05, 0.1) is 12.0 Å². The summed E-state index contributed by atoms with van der Waals surface area (Å²) in [6, 6.07) is 10.3. The van der Waals surface area contributed by atoms with Crippen molar-refractivity contribution in [2.75, 3.05) is 18.4 Å². The number of ether oxygens (including phenoxy) is 1. The second-order valence-corrected chi connectivity index (χ2v) is 8.28. The molecule has 0 unspecified atom stereocenters. The summed E-state index contributed by atoms with van der Waals surface area (Å²) in [7, 11) is 0. The molecule has 28 heavy (non-hydrogen) atoms. The van der Waals surface area contributed by atoms with Gasteiger partial charge in [-0.15, -0.1) is 0 Å². The number of aryl methyl sites for hydroxylation is 1. The number of amides is 2. The maximum absolute atomic E-state index is 12.7. The molecule has 0 saturated carbocycles. The monoisotopic (exact) mass is 418 g/mol. The van der Waals surface area contributed by atoms with Gasteiger partial charge in [-0.1, -0.05) is 29.3 Å². The van der Waals surface area contributed by atoms with Crippen LogP contribution in [-0.4, -0.2) is 35.4 Å². The number of urea groups is 1. The maximum atomic E-state index is 12.7. The first-order valence-corrected chi connectivity index (χ1v) is 9.95. The Labute approximate surface area is 173 Å². The molecule has 7 heteroatoms. The molecular formula is C21H20Cl2N2O3. The molecule has 146 valence electrons. The van der Waals surface area contributed by atoms with E-state index in [0.717, 1.165) is 5.56 Å². The fraction of sp³-hybridized carbons (Fsp3) is 0.333. The Kier molecular flexibility index (Phi) is 4.98. The quantitative estimate of drug-likeness (QED) is 0.680. The number of fused-ring (bicyclic) bond motifs is 1. The number of benzene rings is 2. The summed E-state index contributed by atoms with van der Waals surface area (Å²) < 4.78 is 6.32. The lowest BCUT2D eigenvalue weighted by atomic mass is 9.82. The highest BCUT2D eigenvalue weighted by molar-refractivity contribution is 6.31. The van der Waals surface area contributed by atoms with Gasteiger partial charge in [-0.2, -0.15) is 0 Å². The lowest BCUT2D eigenvalue weighted by molar-refractivity contribution is -0.000134. The lowest BCUT2D eigenvalue weighted by Gasteiger charge is -2.44. The first-order valence-electron chi connectivity index (χ1n) is 9.19. The van der Waals surface area contributed by atoms with Crippen LogP contribution in [0.5, 0.6) is 5.75 Å². The van der Waals surface area contributed by atoms with E-state index in [9.17, 15) is 9.59 Å². The number of rotatable bonds is 1. The number of nitrogens with zero attached hydrogens (tertiary/aromatic N) is 1. The standard InChI is InChI=1S/C21H20Cl2N2O3/c1-13-9-15(23)11-17-18(26)12-21(28-19(13)17)5-7-25(8-6-21)20(27)24-16-4-2-3-14(22)10-16/h2-4,9-11H,5-8,12H2,1H3,(H,24,27). The van der Waals surface area contributed by atoms with Crippen molar-refractivity contribution in [2.45, 2.75) is 31.8 Å². The molecular weight excluding hydrogens is 399 g/mol. The first kappa shape index (κ1) is 19.1. The van der Waals surface area contributed by atoms with Crippen molar-refractivity contribution in [1.29, 1.82) is 0 Å². The minimum absolute atomic E-state index is 0.0451. The van der Waals surface area contributed by atoms with Gasteiger partial charge in [0.25, 0.3) is 0 Å². The molecule has 1 saturated heterocycles. The van der Waals surface area contributed by atoms with Crippen LogP contribution in [-0.2, 0) is 0 Å². The second-order valence-electron chi connectivity index (χ2n) is 7.41. The highest BCUT2D eigenvalue weighted by Gasteiger charge is 2.44. The van der Waals surface area contributed by atoms with Gasteiger partial charge in [-0.3, -0.25) is 4.79 Å². The molecule has 2 amide bonds. The molecule has 1 spiro atoms. The Hall–Kier alpha value is -2.24. The molecule has 0 aliphatic carbocycles. The Morgan fingerprint density at radius 1 is 1.14 bits per heavy atom. The number of ketones is 1. The minimum atomic E-state index is -0.560. The van der Waals surface area contributed by atoms with Crippen molar-refractivity contribution >= 4 is 40.7 Å². The van der Waals surface area contributed by atoms with Crippen LogP contribution in [0.15, 0.2) is 36.4 Å². The Bertz CT molecular complexity index is 953. The average Bonchev–Trinajstić information content (AvgIpc) is 2.63. The summed E-state index contributed by atoms with van der Waals surface area (Å²) in [5.74, 6) is 0.668. The Balaban J connectivity index is 1.45. The van der Waals surface area contributed by atoms with Gasteiger partial charge >= 0.3 is 6.03 Å². The number of likely N-dealkylation sites (tertiary alicyclic amines) is 1. The van der Waals surface area contributed by atoms with E-state index in [0.29, 0.717) is 59.4 Å². The van der Waals surface area contributed by atoms with Gasteiger partial charge in [0.1, 0.15) is 11.4 Å². The molecule has 0 bridgehead atoms. The highest BCUT2D eigenvalue weighted by atomic mass is 35.5. The topological polar surface area (TPSA) is 58.6 Å². The Morgan fingerprint density at radius 2 is 1.89 bits per heavy atom. The van der Waals surface area contributed by atoms with Crippen LogP contribution in [0, 0.1) is 6.92 Å². The number of halogens is 2. The predicted molar refractivity (Wildman–Crippen MR) is 110 cm³/mol. The van der Waals surface area contributed by atoms with Gasteiger partial charge in [0.2, 0.25) is 0 Å². The zero-order chi connectivity index (χ0) is 19.9. The molecule has 2 aliphatic rings. The van der Waals surface area contributed by atoms with Crippen molar-refractivity contribution in [3.05, 3.63) is 57.6 Å².